The topological polar surface area (TPSA) is 64.6 Å². The van der Waals surface area contributed by atoms with E-state index in [1.54, 1.807) is 0 Å². The van der Waals surface area contributed by atoms with E-state index < -0.39 is 11.4 Å². The Hall–Kier alpha value is -1.10. The van der Waals surface area contributed by atoms with Crippen molar-refractivity contribution in [2.24, 2.45) is 5.41 Å². The first-order chi connectivity index (χ1) is 6.67. The minimum atomic E-state index is -1.09. The highest BCUT2D eigenvalue weighted by atomic mass is 16.5. The molecule has 1 amide bonds. The number of rotatable bonds is 4. The fraction of sp³-hybridized carbons (Fsp3) is 0.778. The summed E-state index contributed by atoms with van der Waals surface area (Å²) in [5, 5.41) is 2.67. The van der Waals surface area contributed by atoms with Gasteiger partial charge < -0.3 is 14.8 Å². The summed E-state index contributed by atoms with van der Waals surface area (Å²) < 4.78 is 9.48. The summed E-state index contributed by atoms with van der Waals surface area (Å²) in [6.07, 6.45) is 0.837. The van der Waals surface area contributed by atoms with Gasteiger partial charge in [-0.3, -0.25) is 9.59 Å². The molecule has 0 aromatic heterocycles. The monoisotopic (exact) mass is 201 g/mol. The highest BCUT2D eigenvalue weighted by Gasteiger charge is 2.53. The quantitative estimate of drug-likeness (QED) is 0.501. The van der Waals surface area contributed by atoms with E-state index >= 15 is 0 Å². The molecule has 0 saturated carbocycles. The Balaban J connectivity index is 2.60. The standard InChI is InChI=1S/C9H15NO4/c1-3-4-10-7(11)9(5-14-6-9)8(12)13-2/h3-6H2,1-2H3,(H,10,11). The summed E-state index contributed by atoms with van der Waals surface area (Å²) >= 11 is 0. The van der Waals surface area contributed by atoms with Gasteiger partial charge in [-0.1, -0.05) is 6.92 Å². The highest BCUT2D eigenvalue weighted by molar-refractivity contribution is 6.03. The second-order valence-electron chi connectivity index (χ2n) is 3.32. The van der Waals surface area contributed by atoms with Gasteiger partial charge in [0.25, 0.3) is 0 Å². The molecule has 5 heteroatoms. The van der Waals surface area contributed by atoms with Crippen LogP contribution in [0.15, 0.2) is 0 Å². The number of hydrogen-bond donors (Lipinski definition) is 1. The largest absolute Gasteiger partial charge is 0.468 e. The average molecular weight is 201 g/mol. The Labute approximate surface area is 82.8 Å². The molecule has 14 heavy (non-hydrogen) atoms. The fourth-order valence-electron chi connectivity index (χ4n) is 1.25. The number of esters is 1. The van der Waals surface area contributed by atoms with Crippen molar-refractivity contribution in [3.63, 3.8) is 0 Å². The zero-order chi connectivity index (χ0) is 10.6. The molecule has 0 unspecified atom stereocenters. The molecule has 1 saturated heterocycles. The third kappa shape index (κ3) is 1.72. The molecule has 5 nitrogen and oxygen atoms in total. The van der Waals surface area contributed by atoms with Gasteiger partial charge in [0.1, 0.15) is 0 Å². The number of methoxy groups -OCH3 is 1. The van der Waals surface area contributed by atoms with E-state index in [-0.39, 0.29) is 19.1 Å². The van der Waals surface area contributed by atoms with E-state index in [1.807, 2.05) is 6.92 Å². The van der Waals surface area contributed by atoms with Crippen LogP contribution < -0.4 is 5.32 Å². The van der Waals surface area contributed by atoms with Crippen molar-refractivity contribution in [2.75, 3.05) is 26.9 Å². The van der Waals surface area contributed by atoms with E-state index in [0.717, 1.165) is 6.42 Å². The number of carbonyl (C=O) groups excluding carboxylic acids is 2. The third-order valence-corrected chi connectivity index (χ3v) is 2.24. The Morgan fingerprint density at radius 1 is 1.50 bits per heavy atom. The van der Waals surface area contributed by atoms with Gasteiger partial charge in [0, 0.05) is 6.54 Å². The number of carbonyl (C=O) groups is 2. The molecule has 0 aromatic carbocycles. The molecule has 0 aliphatic carbocycles. The first-order valence-electron chi connectivity index (χ1n) is 4.62. The normalized spacial score (nSPS) is 18.1. The summed E-state index contributed by atoms with van der Waals surface area (Å²) in [6, 6.07) is 0. The Kier molecular flexibility index (Phi) is 3.46. The first-order valence-corrected chi connectivity index (χ1v) is 4.62. The molecule has 1 fully saturated rings. The van der Waals surface area contributed by atoms with Gasteiger partial charge in [0.15, 0.2) is 5.41 Å². The van der Waals surface area contributed by atoms with Gasteiger partial charge in [-0.2, -0.15) is 0 Å². The summed E-state index contributed by atoms with van der Waals surface area (Å²) in [7, 11) is 1.27. The van der Waals surface area contributed by atoms with Gasteiger partial charge in [-0.05, 0) is 6.42 Å². The van der Waals surface area contributed by atoms with Crippen LogP contribution in [0.4, 0.5) is 0 Å². The average Bonchev–Trinajstić information content (AvgIpc) is 2.12. The lowest BCUT2D eigenvalue weighted by atomic mass is 9.85. The first kappa shape index (κ1) is 11.0. The van der Waals surface area contributed by atoms with Crippen molar-refractivity contribution in [3.8, 4) is 0 Å². The summed E-state index contributed by atoms with van der Waals surface area (Å²) in [5.41, 5.74) is -1.09. The number of nitrogens with one attached hydrogen (secondary N) is 1. The second-order valence-corrected chi connectivity index (χ2v) is 3.32. The van der Waals surface area contributed by atoms with Crippen LogP contribution in [-0.4, -0.2) is 38.7 Å². The van der Waals surface area contributed by atoms with Crippen LogP contribution in [0, 0.1) is 5.41 Å². The summed E-state index contributed by atoms with van der Waals surface area (Å²) in [4.78, 5) is 23.0. The van der Waals surface area contributed by atoms with E-state index in [1.165, 1.54) is 7.11 Å². The highest BCUT2D eigenvalue weighted by Crippen LogP contribution is 2.29. The fourth-order valence-corrected chi connectivity index (χ4v) is 1.25. The molecule has 0 bridgehead atoms. The van der Waals surface area contributed by atoms with Crippen LogP contribution in [0.5, 0.6) is 0 Å². The molecule has 0 spiro atoms. The zero-order valence-electron chi connectivity index (χ0n) is 8.46. The maximum absolute atomic E-state index is 11.6. The van der Waals surface area contributed by atoms with E-state index in [2.05, 4.69) is 10.1 Å². The number of ether oxygens (including phenoxy) is 2. The minimum Gasteiger partial charge on any atom is -0.468 e. The second kappa shape index (κ2) is 4.41. The van der Waals surface area contributed by atoms with Gasteiger partial charge in [0.2, 0.25) is 5.91 Å². The van der Waals surface area contributed by atoms with Crippen molar-refractivity contribution in [3.05, 3.63) is 0 Å². The smallest absolute Gasteiger partial charge is 0.326 e. The molecule has 1 rings (SSSR count). The van der Waals surface area contributed by atoms with E-state index in [0.29, 0.717) is 6.54 Å². The lowest BCUT2D eigenvalue weighted by molar-refractivity contribution is -0.188. The minimum absolute atomic E-state index is 0.120. The SMILES string of the molecule is CCCNC(=O)C1(C(=O)OC)COC1. The van der Waals surface area contributed by atoms with Crippen LogP contribution in [0.3, 0.4) is 0 Å². The molecule has 0 atom stereocenters. The Morgan fingerprint density at radius 2 is 2.14 bits per heavy atom. The third-order valence-electron chi connectivity index (χ3n) is 2.24. The molecular formula is C9H15NO4. The Morgan fingerprint density at radius 3 is 2.50 bits per heavy atom. The van der Waals surface area contributed by atoms with Crippen LogP contribution >= 0.6 is 0 Å². The Bertz CT molecular complexity index is 235. The van der Waals surface area contributed by atoms with Gasteiger partial charge in [-0.15, -0.1) is 0 Å². The van der Waals surface area contributed by atoms with E-state index in [4.69, 9.17) is 4.74 Å². The van der Waals surface area contributed by atoms with Crippen LogP contribution in [0.25, 0.3) is 0 Å². The summed E-state index contributed by atoms with van der Waals surface area (Å²) in [6.45, 7) is 2.75. The molecule has 0 aromatic rings. The van der Waals surface area contributed by atoms with E-state index in [9.17, 15) is 9.59 Å². The summed E-state index contributed by atoms with van der Waals surface area (Å²) in [5.74, 6) is -0.810. The van der Waals surface area contributed by atoms with Crippen molar-refractivity contribution in [2.45, 2.75) is 13.3 Å². The maximum Gasteiger partial charge on any atom is 0.326 e. The predicted octanol–water partition coefficient (Wildman–Crippen LogP) is -0.298. The zero-order valence-corrected chi connectivity index (χ0v) is 8.46. The lowest BCUT2D eigenvalue weighted by Gasteiger charge is -2.36. The van der Waals surface area contributed by atoms with Crippen LogP contribution in [0.1, 0.15) is 13.3 Å². The predicted molar refractivity (Wildman–Crippen MR) is 48.6 cm³/mol. The molecule has 1 aliphatic rings. The molecular weight excluding hydrogens is 186 g/mol. The van der Waals surface area contributed by atoms with Gasteiger partial charge in [0.05, 0.1) is 20.3 Å². The lowest BCUT2D eigenvalue weighted by Crippen LogP contribution is -2.59. The number of hydrogen-bond acceptors (Lipinski definition) is 4. The van der Waals surface area contributed by atoms with Crippen molar-refractivity contribution in [1.82, 2.24) is 5.32 Å². The van der Waals surface area contributed by atoms with Crippen LogP contribution in [-0.2, 0) is 19.1 Å². The maximum atomic E-state index is 11.6. The van der Waals surface area contributed by atoms with Gasteiger partial charge >= 0.3 is 5.97 Å². The van der Waals surface area contributed by atoms with Crippen LogP contribution in [0.2, 0.25) is 0 Å². The van der Waals surface area contributed by atoms with Crippen molar-refractivity contribution < 1.29 is 19.1 Å². The molecule has 1 aliphatic heterocycles. The molecule has 80 valence electrons. The molecule has 1 heterocycles. The molecule has 1 N–H and O–H groups in total. The van der Waals surface area contributed by atoms with Crippen molar-refractivity contribution >= 4 is 11.9 Å². The van der Waals surface area contributed by atoms with Crippen molar-refractivity contribution in [1.29, 1.82) is 0 Å². The molecule has 0 radical (unpaired) electrons. The van der Waals surface area contributed by atoms with Gasteiger partial charge in [-0.25, -0.2) is 0 Å². The number of amides is 1.